The van der Waals surface area contributed by atoms with Gasteiger partial charge in [-0.1, -0.05) is 0 Å². The minimum atomic E-state index is -4.62. The summed E-state index contributed by atoms with van der Waals surface area (Å²) >= 11 is 0. The molecule has 7 nitrogen and oxygen atoms in total. The molecule has 1 atom stereocenters. The number of methoxy groups -OCH3 is 1. The summed E-state index contributed by atoms with van der Waals surface area (Å²) in [6.07, 6.45) is -4.94. The molecular weight excluding hydrogens is 512 g/mol. The fraction of sp³-hybridized carbons (Fsp3) is 0.286. The van der Waals surface area contributed by atoms with Crippen LogP contribution < -0.4 is 15.0 Å². The second-order valence-corrected chi connectivity index (χ2v) is 7.33. The van der Waals surface area contributed by atoms with E-state index in [1.807, 2.05) is 0 Å². The summed E-state index contributed by atoms with van der Waals surface area (Å²) in [5.41, 5.74) is -3.88. The van der Waals surface area contributed by atoms with Crippen molar-refractivity contribution in [1.29, 1.82) is 0 Å². The number of benzene rings is 2. The Hall–Kier alpha value is -3.91. The van der Waals surface area contributed by atoms with Gasteiger partial charge in [0.2, 0.25) is 11.7 Å². The van der Waals surface area contributed by atoms with Crippen LogP contribution in [0.25, 0.3) is 11.1 Å². The molecule has 2 aromatic rings. The first-order valence-electron chi connectivity index (χ1n) is 9.83. The predicted molar refractivity (Wildman–Crippen MR) is 104 cm³/mol. The highest BCUT2D eigenvalue weighted by atomic mass is 19.3. The highest BCUT2D eigenvalue weighted by Gasteiger charge is 2.53. The maximum atomic E-state index is 14.7. The fourth-order valence-corrected chi connectivity index (χ4v) is 3.32. The number of carbonyl (C=O) groups is 3. The SMILES string of the molecule is COC(=O)CCNC(=O)C(C)N1C(=O)C(F)(F)Oc2cc(F)c(-c3c(F)c(F)c(F)c(F)c3F)cc21. The van der Waals surface area contributed by atoms with Crippen LogP contribution >= 0.6 is 0 Å². The topological polar surface area (TPSA) is 84.9 Å². The van der Waals surface area contributed by atoms with Crippen molar-refractivity contribution < 1.29 is 59.0 Å². The molecule has 0 radical (unpaired) electrons. The number of esters is 1. The van der Waals surface area contributed by atoms with E-state index >= 15 is 0 Å². The van der Waals surface area contributed by atoms with Crippen LogP contribution in [-0.4, -0.2) is 43.6 Å². The van der Waals surface area contributed by atoms with E-state index in [1.54, 1.807) is 0 Å². The van der Waals surface area contributed by atoms with Gasteiger partial charge in [-0.15, -0.1) is 0 Å². The molecule has 1 heterocycles. The molecule has 2 amide bonds. The minimum absolute atomic E-state index is 0.0985. The summed E-state index contributed by atoms with van der Waals surface area (Å²) in [5, 5.41) is 2.17. The Kier molecular flexibility index (Phi) is 7.13. The number of halogens is 8. The molecule has 0 aliphatic carbocycles. The van der Waals surface area contributed by atoms with Crippen molar-refractivity contribution in [1.82, 2.24) is 5.32 Å². The van der Waals surface area contributed by atoms with Crippen molar-refractivity contribution in [3.05, 3.63) is 47.0 Å². The van der Waals surface area contributed by atoms with E-state index in [1.165, 1.54) is 0 Å². The normalized spacial score (nSPS) is 15.2. The molecule has 1 aliphatic heterocycles. The number of amides is 2. The molecule has 0 bridgehead atoms. The second-order valence-electron chi connectivity index (χ2n) is 7.33. The predicted octanol–water partition coefficient (Wildman–Crippen LogP) is 3.57. The molecular formula is C21H14F8N2O5. The van der Waals surface area contributed by atoms with Crippen molar-refractivity contribution in [2.75, 3.05) is 18.6 Å². The van der Waals surface area contributed by atoms with Crippen molar-refractivity contribution in [2.45, 2.75) is 25.5 Å². The number of nitrogens with one attached hydrogen (secondary N) is 1. The van der Waals surface area contributed by atoms with Gasteiger partial charge in [-0.2, -0.15) is 8.78 Å². The number of nitrogens with zero attached hydrogens (tertiary/aromatic N) is 1. The van der Waals surface area contributed by atoms with Gasteiger partial charge in [-0.3, -0.25) is 19.3 Å². The average molecular weight is 526 g/mol. The summed E-state index contributed by atoms with van der Waals surface area (Å²) in [6.45, 7) is 0.606. The Morgan fingerprint density at radius 3 is 2.14 bits per heavy atom. The van der Waals surface area contributed by atoms with Crippen LogP contribution in [-0.2, 0) is 19.1 Å². The van der Waals surface area contributed by atoms with E-state index in [0.29, 0.717) is 6.07 Å². The van der Waals surface area contributed by atoms with Gasteiger partial charge in [0.05, 0.1) is 24.8 Å². The first kappa shape index (κ1) is 26.7. The van der Waals surface area contributed by atoms with Crippen LogP contribution in [0, 0.1) is 34.9 Å². The number of alkyl halides is 2. The third kappa shape index (κ3) is 4.52. The fourth-order valence-electron chi connectivity index (χ4n) is 3.32. The number of hydrogen-bond acceptors (Lipinski definition) is 5. The Bertz CT molecular complexity index is 1240. The molecule has 36 heavy (non-hydrogen) atoms. The smallest absolute Gasteiger partial charge is 0.469 e. The van der Waals surface area contributed by atoms with E-state index in [9.17, 15) is 49.5 Å². The number of hydrogen-bond donors (Lipinski definition) is 1. The van der Waals surface area contributed by atoms with Crippen LogP contribution in [0.4, 0.5) is 40.8 Å². The lowest BCUT2D eigenvalue weighted by atomic mass is 10.00. The molecule has 1 aliphatic rings. The van der Waals surface area contributed by atoms with E-state index < -0.39 is 87.4 Å². The molecule has 0 fully saturated rings. The molecule has 2 aromatic carbocycles. The van der Waals surface area contributed by atoms with Gasteiger partial charge in [0.25, 0.3) is 0 Å². The summed E-state index contributed by atoms with van der Waals surface area (Å²) in [7, 11) is 1.07. The monoisotopic (exact) mass is 526 g/mol. The molecule has 0 spiro atoms. The van der Waals surface area contributed by atoms with E-state index in [4.69, 9.17) is 0 Å². The second kappa shape index (κ2) is 9.62. The third-order valence-corrected chi connectivity index (χ3v) is 5.12. The quantitative estimate of drug-likeness (QED) is 0.269. The number of ether oxygens (including phenoxy) is 2. The Labute approximate surface area is 196 Å². The highest BCUT2D eigenvalue weighted by molar-refractivity contribution is 6.06. The molecule has 0 saturated heterocycles. The zero-order valence-electron chi connectivity index (χ0n) is 18.2. The lowest BCUT2D eigenvalue weighted by molar-refractivity contribution is -0.193. The first-order chi connectivity index (χ1) is 16.7. The zero-order valence-corrected chi connectivity index (χ0v) is 18.2. The summed E-state index contributed by atoms with van der Waals surface area (Å²) < 4.78 is 121. The van der Waals surface area contributed by atoms with E-state index in [-0.39, 0.29) is 23.9 Å². The largest absolute Gasteiger partial charge is 0.483 e. The maximum absolute atomic E-state index is 14.7. The molecule has 194 valence electrons. The standard InChI is InChI=1S/C21H14F8N2O5/c1-7(19(33)30-4-3-12(32)35-2)31-10-5-8(9(22)6-11(10)36-21(28,29)20(31)34)13-14(23)16(25)18(27)17(26)15(13)24/h5-7H,3-4H2,1-2H3,(H,30,33). The van der Waals surface area contributed by atoms with Gasteiger partial charge < -0.3 is 14.8 Å². The summed E-state index contributed by atoms with van der Waals surface area (Å²) in [5.74, 6) is -19.0. The average Bonchev–Trinajstić information content (AvgIpc) is 2.82. The Balaban J connectivity index is 2.13. The van der Waals surface area contributed by atoms with Gasteiger partial charge >= 0.3 is 18.0 Å². The van der Waals surface area contributed by atoms with Crippen molar-refractivity contribution in [2.24, 2.45) is 0 Å². The number of carbonyl (C=O) groups excluding carboxylic acids is 3. The lowest BCUT2D eigenvalue weighted by Crippen LogP contribution is -2.57. The third-order valence-electron chi connectivity index (χ3n) is 5.12. The van der Waals surface area contributed by atoms with Gasteiger partial charge in [-0.25, -0.2) is 26.3 Å². The van der Waals surface area contributed by atoms with Crippen LogP contribution in [0.15, 0.2) is 12.1 Å². The van der Waals surface area contributed by atoms with Crippen molar-refractivity contribution in [3.8, 4) is 16.9 Å². The van der Waals surface area contributed by atoms with Gasteiger partial charge in [0, 0.05) is 18.2 Å². The van der Waals surface area contributed by atoms with E-state index in [2.05, 4.69) is 14.8 Å². The highest BCUT2D eigenvalue weighted by Crippen LogP contribution is 2.45. The van der Waals surface area contributed by atoms with Crippen LogP contribution in [0.2, 0.25) is 0 Å². The van der Waals surface area contributed by atoms with Gasteiger partial charge in [0.1, 0.15) is 11.9 Å². The number of rotatable bonds is 6. The zero-order chi connectivity index (χ0) is 27.1. The Morgan fingerprint density at radius 1 is 1.03 bits per heavy atom. The molecule has 3 rings (SSSR count). The molecule has 0 saturated carbocycles. The van der Waals surface area contributed by atoms with Gasteiger partial charge in [0.15, 0.2) is 29.0 Å². The lowest BCUT2D eigenvalue weighted by Gasteiger charge is -2.36. The van der Waals surface area contributed by atoms with Crippen LogP contribution in [0.3, 0.4) is 0 Å². The van der Waals surface area contributed by atoms with E-state index in [0.717, 1.165) is 14.0 Å². The number of anilines is 1. The van der Waals surface area contributed by atoms with Crippen LogP contribution in [0.5, 0.6) is 5.75 Å². The molecule has 15 heteroatoms. The first-order valence-corrected chi connectivity index (χ1v) is 9.83. The van der Waals surface area contributed by atoms with Crippen LogP contribution in [0.1, 0.15) is 13.3 Å². The van der Waals surface area contributed by atoms with Crippen molar-refractivity contribution >= 4 is 23.5 Å². The number of fused-ring (bicyclic) bond motifs is 1. The van der Waals surface area contributed by atoms with Crippen molar-refractivity contribution in [3.63, 3.8) is 0 Å². The summed E-state index contributed by atoms with van der Waals surface area (Å²) in [6, 6.07) is -1.34. The minimum Gasteiger partial charge on any atom is -0.469 e. The Morgan fingerprint density at radius 2 is 1.58 bits per heavy atom. The molecule has 1 unspecified atom stereocenters. The summed E-state index contributed by atoms with van der Waals surface area (Å²) in [4.78, 5) is 36.1. The molecule has 0 aromatic heterocycles. The maximum Gasteiger partial charge on any atom is 0.483 e. The molecule has 1 N–H and O–H groups in total. The van der Waals surface area contributed by atoms with Gasteiger partial charge in [-0.05, 0) is 13.0 Å².